The van der Waals surface area contributed by atoms with Crippen molar-refractivity contribution in [1.82, 2.24) is 9.21 Å². The first-order valence-electron chi connectivity index (χ1n) is 10.9. The summed E-state index contributed by atoms with van der Waals surface area (Å²) in [5.74, 6) is -0.503. The smallest absolute Gasteiger partial charge is 0.337 e. The van der Waals surface area contributed by atoms with Crippen molar-refractivity contribution >= 4 is 21.9 Å². The van der Waals surface area contributed by atoms with E-state index in [0.717, 1.165) is 10.7 Å². The van der Waals surface area contributed by atoms with Crippen LogP contribution >= 0.6 is 0 Å². The van der Waals surface area contributed by atoms with Crippen molar-refractivity contribution in [3.05, 3.63) is 65.5 Å². The number of rotatable bonds is 6. The molecule has 4 rings (SSSR count). The molecular formula is C23H28FN3O4S. The first kappa shape index (κ1) is 22.7. The summed E-state index contributed by atoms with van der Waals surface area (Å²) in [5, 5.41) is 0. The number of carbonyl (C=O) groups is 1. The Balaban J connectivity index is 1.68. The lowest BCUT2D eigenvalue weighted by Gasteiger charge is -2.40. The molecule has 1 unspecified atom stereocenters. The molecule has 7 nitrogen and oxygen atoms in total. The first-order chi connectivity index (χ1) is 15.3. The summed E-state index contributed by atoms with van der Waals surface area (Å²) in [5.41, 5.74) is 1.48. The molecule has 0 spiro atoms. The molecule has 2 aliphatic rings. The number of hydrogen-bond acceptors (Lipinski definition) is 4. The Morgan fingerprint density at radius 1 is 1.09 bits per heavy atom. The number of nitrogens with zero attached hydrogens (tertiary/aromatic N) is 3. The van der Waals surface area contributed by atoms with Gasteiger partial charge in [0.1, 0.15) is 5.82 Å². The van der Waals surface area contributed by atoms with Crippen LogP contribution in [0.1, 0.15) is 43.4 Å². The maximum atomic E-state index is 15.5. The molecule has 2 fully saturated rings. The maximum absolute atomic E-state index is 15.5. The van der Waals surface area contributed by atoms with Gasteiger partial charge in [0, 0.05) is 50.4 Å². The number of halogens is 1. The summed E-state index contributed by atoms with van der Waals surface area (Å²) in [4.78, 5) is 15.3. The van der Waals surface area contributed by atoms with Gasteiger partial charge in [-0.05, 0) is 30.5 Å². The lowest BCUT2D eigenvalue weighted by atomic mass is 9.89. The molecule has 1 heterocycles. The highest BCUT2D eigenvalue weighted by atomic mass is 32.2. The lowest BCUT2D eigenvalue weighted by Crippen LogP contribution is -2.48. The van der Waals surface area contributed by atoms with Crippen LogP contribution < -0.4 is 4.90 Å². The molecule has 1 amide bonds. The molecule has 1 saturated heterocycles. The molecule has 172 valence electrons. The molecule has 9 heteroatoms. The van der Waals surface area contributed by atoms with Crippen LogP contribution in [0.3, 0.4) is 0 Å². The molecule has 32 heavy (non-hydrogen) atoms. The second-order valence-corrected chi connectivity index (χ2v) is 9.72. The van der Waals surface area contributed by atoms with Gasteiger partial charge in [-0.2, -0.15) is 12.7 Å². The van der Waals surface area contributed by atoms with Gasteiger partial charge in [0.15, 0.2) is 0 Å². The van der Waals surface area contributed by atoms with E-state index in [9.17, 15) is 17.8 Å². The van der Waals surface area contributed by atoms with E-state index in [0.29, 0.717) is 50.3 Å². The van der Waals surface area contributed by atoms with Gasteiger partial charge in [-0.1, -0.05) is 42.8 Å². The zero-order valence-electron chi connectivity index (χ0n) is 18.0. The maximum Gasteiger partial charge on any atom is 0.337 e. The summed E-state index contributed by atoms with van der Waals surface area (Å²) in [7, 11) is -4.56. The van der Waals surface area contributed by atoms with Gasteiger partial charge in [0.25, 0.3) is 0 Å². The molecule has 2 aromatic rings. The van der Waals surface area contributed by atoms with Gasteiger partial charge in [0.05, 0.1) is 6.04 Å². The zero-order valence-corrected chi connectivity index (χ0v) is 18.8. The molecule has 1 aliphatic heterocycles. The van der Waals surface area contributed by atoms with Crippen molar-refractivity contribution in [2.75, 3.05) is 31.1 Å². The summed E-state index contributed by atoms with van der Waals surface area (Å²) in [6.07, 6.45) is 2.12. The third-order valence-electron chi connectivity index (χ3n) is 6.44. The summed E-state index contributed by atoms with van der Waals surface area (Å²) in [6, 6.07) is 12.3. The highest BCUT2D eigenvalue weighted by Gasteiger charge is 2.40. The van der Waals surface area contributed by atoms with Crippen molar-refractivity contribution in [1.29, 1.82) is 0 Å². The molecule has 1 N–H and O–H groups in total. The third-order valence-corrected chi connectivity index (χ3v) is 7.48. The molecule has 2 aromatic carbocycles. The van der Waals surface area contributed by atoms with Crippen molar-refractivity contribution in [3.63, 3.8) is 0 Å². The van der Waals surface area contributed by atoms with E-state index in [1.807, 2.05) is 11.0 Å². The Morgan fingerprint density at radius 2 is 1.75 bits per heavy atom. The average molecular weight is 462 g/mol. The second-order valence-electron chi connectivity index (χ2n) is 8.40. The van der Waals surface area contributed by atoms with E-state index in [2.05, 4.69) is 0 Å². The van der Waals surface area contributed by atoms with Crippen molar-refractivity contribution in [2.24, 2.45) is 0 Å². The Labute approximate surface area is 188 Å². The minimum Gasteiger partial charge on any atom is -0.368 e. The fourth-order valence-corrected chi connectivity index (χ4v) is 5.58. The van der Waals surface area contributed by atoms with Crippen LogP contribution in [-0.2, 0) is 15.1 Å². The normalized spacial score (nSPS) is 18.5. The van der Waals surface area contributed by atoms with Gasteiger partial charge in [-0.3, -0.25) is 9.35 Å². The van der Waals surface area contributed by atoms with Crippen LogP contribution in [-0.4, -0.2) is 60.3 Å². The quantitative estimate of drug-likeness (QED) is 0.668. The fraction of sp³-hybridized carbons (Fsp3) is 0.435. The highest BCUT2D eigenvalue weighted by molar-refractivity contribution is 7.83. The fourth-order valence-electron chi connectivity index (χ4n) is 4.49. The molecular weight excluding hydrogens is 433 g/mol. The van der Waals surface area contributed by atoms with E-state index in [1.54, 1.807) is 41.3 Å². The van der Waals surface area contributed by atoms with E-state index in [-0.39, 0.29) is 17.5 Å². The largest absolute Gasteiger partial charge is 0.368 e. The second kappa shape index (κ2) is 9.17. The summed E-state index contributed by atoms with van der Waals surface area (Å²) in [6.45, 7) is 3.88. The van der Waals surface area contributed by atoms with Crippen LogP contribution in [0, 0.1) is 5.82 Å². The van der Waals surface area contributed by atoms with Gasteiger partial charge in [0.2, 0.25) is 5.91 Å². The lowest BCUT2D eigenvalue weighted by molar-refractivity contribution is -0.129. The number of piperazine rings is 1. The van der Waals surface area contributed by atoms with Crippen LogP contribution in [0.15, 0.2) is 48.5 Å². The minimum atomic E-state index is -4.56. The Morgan fingerprint density at radius 3 is 2.25 bits per heavy atom. The van der Waals surface area contributed by atoms with Crippen LogP contribution in [0.2, 0.25) is 0 Å². The number of hydrogen-bond donors (Lipinski definition) is 1. The Kier molecular flexibility index (Phi) is 6.50. The van der Waals surface area contributed by atoms with Crippen molar-refractivity contribution in [2.45, 2.75) is 38.3 Å². The number of amides is 1. The van der Waals surface area contributed by atoms with Crippen molar-refractivity contribution in [3.8, 4) is 0 Å². The SMILES string of the molecule is CC(=O)N1CCN(c2ccc(C(c3ccccc3)N(C3CCC3)S(=O)(=O)O)c(F)c2)CC1. The number of carbonyl (C=O) groups excluding carboxylic acids is 1. The standard InChI is InChI=1S/C23H28FN3O4S/c1-17(28)25-12-14-26(15-13-25)20-10-11-21(22(24)16-20)23(18-6-3-2-4-7-18)27(32(29,30)31)19-8-5-9-19/h2-4,6-7,10-11,16,19,23H,5,8-9,12-15H2,1H3,(H,29,30,31). The van der Waals surface area contributed by atoms with E-state index in [4.69, 9.17) is 0 Å². The minimum absolute atomic E-state index is 0.0261. The molecule has 0 bridgehead atoms. The molecule has 1 atom stereocenters. The molecule has 1 saturated carbocycles. The topological polar surface area (TPSA) is 81.2 Å². The van der Waals surface area contributed by atoms with Crippen LogP contribution in [0.4, 0.5) is 10.1 Å². The van der Waals surface area contributed by atoms with Crippen molar-refractivity contribution < 1.29 is 22.2 Å². The predicted molar refractivity (Wildman–Crippen MR) is 120 cm³/mol. The Hall–Kier alpha value is -2.49. The van der Waals surface area contributed by atoms with Gasteiger partial charge < -0.3 is 9.80 Å². The molecule has 0 aromatic heterocycles. The third kappa shape index (κ3) is 4.65. The highest BCUT2D eigenvalue weighted by Crippen LogP contribution is 2.39. The summed E-state index contributed by atoms with van der Waals surface area (Å²) >= 11 is 0. The van der Waals surface area contributed by atoms with E-state index >= 15 is 4.39 Å². The number of benzene rings is 2. The summed E-state index contributed by atoms with van der Waals surface area (Å²) < 4.78 is 51.4. The van der Waals surface area contributed by atoms with Gasteiger partial charge >= 0.3 is 10.3 Å². The van der Waals surface area contributed by atoms with E-state index in [1.165, 1.54) is 13.0 Å². The average Bonchev–Trinajstić information content (AvgIpc) is 2.73. The van der Waals surface area contributed by atoms with Crippen LogP contribution in [0.5, 0.6) is 0 Å². The van der Waals surface area contributed by atoms with Crippen LogP contribution in [0.25, 0.3) is 0 Å². The monoisotopic (exact) mass is 461 g/mol. The zero-order chi connectivity index (χ0) is 22.9. The number of anilines is 1. The predicted octanol–water partition coefficient (Wildman–Crippen LogP) is 3.24. The Bertz CT molecular complexity index is 1070. The molecule has 0 radical (unpaired) electrons. The van der Waals surface area contributed by atoms with Gasteiger partial charge in [-0.25, -0.2) is 4.39 Å². The molecule has 1 aliphatic carbocycles. The first-order valence-corrected chi connectivity index (χ1v) is 12.3. The van der Waals surface area contributed by atoms with E-state index < -0.39 is 22.2 Å². The van der Waals surface area contributed by atoms with Gasteiger partial charge in [-0.15, -0.1) is 0 Å².